The SMILES string of the molecule is N#CC1CS(=O)(=O)CCO1. The minimum atomic E-state index is -2.99. The molecule has 0 aromatic rings. The van der Waals surface area contributed by atoms with Gasteiger partial charge in [-0.15, -0.1) is 0 Å². The van der Waals surface area contributed by atoms with E-state index in [1.54, 1.807) is 6.07 Å². The van der Waals surface area contributed by atoms with Crippen LogP contribution in [0, 0.1) is 11.3 Å². The predicted octanol–water partition coefficient (Wildman–Crippen LogP) is -0.676. The first kappa shape index (κ1) is 7.51. The van der Waals surface area contributed by atoms with Gasteiger partial charge in [0.05, 0.1) is 24.2 Å². The molecule has 1 aliphatic rings. The van der Waals surface area contributed by atoms with Crippen LogP contribution in [0.15, 0.2) is 0 Å². The third-order valence-electron chi connectivity index (χ3n) is 1.26. The van der Waals surface area contributed by atoms with Crippen LogP contribution in [0.4, 0.5) is 0 Å². The van der Waals surface area contributed by atoms with Crippen molar-refractivity contribution in [3.63, 3.8) is 0 Å². The van der Waals surface area contributed by atoms with Crippen molar-refractivity contribution in [1.29, 1.82) is 5.26 Å². The monoisotopic (exact) mass is 161 g/mol. The van der Waals surface area contributed by atoms with E-state index >= 15 is 0 Å². The highest BCUT2D eigenvalue weighted by Crippen LogP contribution is 2.05. The summed E-state index contributed by atoms with van der Waals surface area (Å²) in [6.07, 6.45) is -0.751. The van der Waals surface area contributed by atoms with E-state index in [4.69, 9.17) is 10.00 Å². The Kier molecular flexibility index (Phi) is 1.92. The lowest BCUT2D eigenvalue weighted by Crippen LogP contribution is -2.33. The molecule has 1 saturated heterocycles. The lowest BCUT2D eigenvalue weighted by Gasteiger charge is -2.16. The molecule has 10 heavy (non-hydrogen) atoms. The summed E-state index contributed by atoms with van der Waals surface area (Å²) in [5.41, 5.74) is 0. The maximum Gasteiger partial charge on any atom is 0.157 e. The van der Waals surface area contributed by atoms with Gasteiger partial charge < -0.3 is 4.74 Å². The number of nitrogens with zero attached hydrogens (tertiary/aromatic N) is 1. The zero-order valence-electron chi connectivity index (χ0n) is 5.28. The van der Waals surface area contributed by atoms with Crippen molar-refractivity contribution in [2.45, 2.75) is 6.10 Å². The summed E-state index contributed by atoms with van der Waals surface area (Å²) in [5.74, 6) is -0.103. The first-order valence-corrected chi connectivity index (χ1v) is 4.68. The van der Waals surface area contributed by atoms with Gasteiger partial charge in [-0.05, 0) is 0 Å². The molecule has 4 nitrogen and oxygen atoms in total. The molecule has 1 aliphatic heterocycles. The smallest absolute Gasteiger partial charge is 0.157 e. The number of sulfone groups is 1. The highest BCUT2D eigenvalue weighted by molar-refractivity contribution is 7.91. The van der Waals surface area contributed by atoms with Gasteiger partial charge in [-0.25, -0.2) is 8.42 Å². The average Bonchev–Trinajstić information content (AvgIpc) is 1.86. The molecule has 0 aliphatic carbocycles. The first-order valence-electron chi connectivity index (χ1n) is 2.86. The summed E-state index contributed by atoms with van der Waals surface area (Å²) in [6.45, 7) is 0.153. The summed E-state index contributed by atoms with van der Waals surface area (Å²) < 4.78 is 26.4. The van der Waals surface area contributed by atoms with E-state index in [0.29, 0.717) is 0 Å². The standard InChI is InChI=1S/C5H7NO3S/c6-3-5-4-10(7,8)2-1-9-5/h5H,1-2,4H2. The van der Waals surface area contributed by atoms with Gasteiger partial charge in [0, 0.05) is 0 Å². The maximum absolute atomic E-state index is 10.8. The lowest BCUT2D eigenvalue weighted by atomic mass is 10.4. The molecular weight excluding hydrogens is 154 g/mol. The average molecular weight is 161 g/mol. The molecule has 0 spiro atoms. The van der Waals surface area contributed by atoms with E-state index < -0.39 is 15.9 Å². The Balaban J connectivity index is 2.67. The predicted molar refractivity (Wildman–Crippen MR) is 34.0 cm³/mol. The molecule has 1 fully saturated rings. The van der Waals surface area contributed by atoms with Crippen LogP contribution in [-0.4, -0.2) is 32.6 Å². The highest BCUT2D eigenvalue weighted by atomic mass is 32.2. The van der Waals surface area contributed by atoms with Crippen molar-refractivity contribution in [3.8, 4) is 6.07 Å². The Morgan fingerprint density at radius 3 is 2.70 bits per heavy atom. The van der Waals surface area contributed by atoms with Gasteiger partial charge >= 0.3 is 0 Å². The number of hydrogen-bond acceptors (Lipinski definition) is 4. The van der Waals surface area contributed by atoms with E-state index in [1.807, 2.05) is 0 Å². The molecule has 1 heterocycles. The van der Waals surface area contributed by atoms with Gasteiger partial charge in [-0.1, -0.05) is 0 Å². The Bertz CT molecular complexity index is 251. The number of rotatable bonds is 0. The summed E-state index contributed by atoms with van der Waals surface area (Å²) in [7, 11) is -2.99. The fraction of sp³-hybridized carbons (Fsp3) is 0.800. The first-order chi connectivity index (χ1) is 4.64. The van der Waals surface area contributed by atoms with Crippen LogP contribution in [-0.2, 0) is 14.6 Å². The van der Waals surface area contributed by atoms with Crippen LogP contribution in [0.2, 0.25) is 0 Å². The molecule has 0 amide bonds. The maximum atomic E-state index is 10.8. The number of nitriles is 1. The minimum absolute atomic E-state index is 0.0468. The van der Waals surface area contributed by atoms with E-state index in [0.717, 1.165) is 0 Å². The zero-order chi connectivity index (χ0) is 7.61. The van der Waals surface area contributed by atoms with Crippen LogP contribution >= 0.6 is 0 Å². The topological polar surface area (TPSA) is 67.2 Å². The van der Waals surface area contributed by atoms with Crippen LogP contribution < -0.4 is 0 Å². The number of hydrogen-bond donors (Lipinski definition) is 0. The minimum Gasteiger partial charge on any atom is -0.361 e. The van der Waals surface area contributed by atoms with Crippen molar-refractivity contribution >= 4 is 9.84 Å². The normalized spacial score (nSPS) is 30.9. The molecule has 0 aromatic carbocycles. The van der Waals surface area contributed by atoms with Crippen LogP contribution in [0.1, 0.15) is 0 Å². The third-order valence-corrected chi connectivity index (χ3v) is 2.86. The fourth-order valence-electron chi connectivity index (χ4n) is 0.754. The zero-order valence-corrected chi connectivity index (χ0v) is 6.10. The van der Waals surface area contributed by atoms with E-state index in [9.17, 15) is 8.42 Å². The molecule has 1 rings (SSSR count). The third kappa shape index (κ3) is 1.69. The van der Waals surface area contributed by atoms with Gasteiger partial charge in [0.2, 0.25) is 0 Å². The van der Waals surface area contributed by atoms with Crippen molar-refractivity contribution < 1.29 is 13.2 Å². The molecule has 56 valence electrons. The van der Waals surface area contributed by atoms with Crippen LogP contribution in [0.5, 0.6) is 0 Å². The quantitative estimate of drug-likeness (QED) is 0.472. The van der Waals surface area contributed by atoms with Gasteiger partial charge in [0.25, 0.3) is 0 Å². The van der Waals surface area contributed by atoms with Gasteiger partial charge in [-0.2, -0.15) is 5.26 Å². The largest absolute Gasteiger partial charge is 0.361 e. The summed E-state index contributed by atoms with van der Waals surface area (Å²) >= 11 is 0. The van der Waals surface area contributed by atoms with Crippen molar-refractivity contribution in [3.05, 3.63) is 0 Å². The van der Waals surface area contributed by atoms with Crippen molar-refractivity contribution in [2.24, 2.45) is 0 Å². The molecule has 0 radical (unpaired) electrons. The van der Waals surface area contributed by atoms with Gasteiger partial charge in [0.1, 0.15) is 0 Å². The Hall–Kier alpha value is -0.600. The molecule has 0 N–H and O–H groups in total. The van der Waals surface area contributed by atoms with Gasteiger partial charge in [0.15, 0.2) is 15.9 Å². The second-order valence-corrected chi connectivity index (χ2v) is 4.33. The summed E-state index contributed by atoms with van der Waals surface area (Å²) in [4.78, 5) is 0. The second-order valence-electron chi connectivity index (χ2n) is 2.10. The second kappa shape index (κ2) is 2.56. The van der Waals surface area contributed by atoms with Crippen molar-refractivity contribution in [1.82, 2.24) is 0 Å². The van der Waals surface area contributed by atoms with E-state index in [1.165, 1.54) is 0 Å². The lowest BCUT2D eigenvalue weighted by molar-refractivity contribution is 0.109. The molecule has 0 bridgehead atoms. The molecule has 0 aromatic heterocycles. The molecule has 0 saturated carbocycles. The molecule has 1 atom stereocenters. The Morgan fingerprint density at radius 1 is 1.60 bits per heavy atom. The molecule has 5 heteroatoms. The van der Waals surface area contributed by atoms with Crippen LogP contribution in [0.25, 0.3) is 0 Å². The Morgan fingerprint density at radius 2 is 2.30 bits per heavy atom. The summed E-state index contributed by atoms with van der Waals surface area (Å²) in [6, 6.07) is 1.76. The number of ether oxygens (including phenoxy) is 1. The van der Waals surface area contributed by atoms with E-state index in [2.05, 4.69) is 0 Å². The van der Waals surface area contributed by atoms with Crippen LogP contribution in [0.3, 0.4) is 0 Å². The molecular formula is C5H7NO3S. The summed E-state index contributed by atoms with van der Waals surface area (Å²) in [5, 5.41) is 8.28. The van der Waals surface area contributed by atoms with Crippen molar-refractivity contribution in [2.75, 3.05) is 18.1 Å². The van der Waals surface area contributed by atoms with E-state index in [-0.39, 0.29) is 18.1 Å². The van der Waals surface area contributed by atoms with Gasteiger partial charge in [-0.3, -0.25) is 0 Å². The highest BCUT2D eigenvalue weighted by Gasteiger charge is 2.24. The fourth-order valence-corrected chi connectivity index (χ4v) is 1.90. The molecule has 1 unspecified atom stereocenters. The Labute approximate surface area is 59.3 Å².